The first kappa shape index (κ1) is 14.4. The first-order chi connectivity index (χ1) is 8.47. The van der Waals surface area contributed by atoms with Gasteiger partial charge in [0.1, 0.15) is 16.8 Å². The second-order valence-electron chi connectivity index (χ2n) is 3.36. The van der Waals surface area contributed by atoms with E-state index in [0.717, 1.165) is 0 Å². The molecule has 0 saturated carbocycles. The molecule has 0 heterocycles. The SMILES string of the molecule is COc1cc(C(N)C(=O)O)c(OC)c(Cl)c1OC. The van der Waals surface area contributed by atoms with Crippen LogP contribution in [-0.2, 0) is 4.79 Å². The maximum atomic E-state index is 10.9. The summed E-state index contributed by atoms with van der Waals surface area (Å²) in [5, 5.41) is 9.06. The highest BCUT2D eigenvalue weighted by molar-refractivity contribution is 6.34. The van der Waals surface area contributed by atoms with Gasteiger partial charge in [-0.15, -0.1) is 0 Å². The van der Waals surface area contributed by atoms with Crippen LogP contribution < -0.4 is 19.9 Å². The zero-order valence-corrected chi connectivity index (χ0v) is 10.9. The zero-order valence-electron chi connectivity index (χ0n) is 10.2. The van der Waals surface area contributed by atoms with Gasteiger partial charge in [-0.2, -0.15) is 0 Å². The second-order valence-corrected chi connectivity index (χ2v) is 3.74. The lowest BCUT2D eigenvalue weighted by atomic mass is 10.1. The zero-order chi connectivity index (χ0) is 13.9. The van der Waals surface area contributed by atoms with Crippen molar-refractivity contribution >= 4 is 17.6 Å². The van der Waals surface area contributed by atoms with Gasteiger partial charge >= 0.3 is 5.97 Å². The van der Waals surface area contributed by atoms with E-state index in [-0.39, 0.29) is 27.8 Å². The smallest absolute Gasteiger partial charge is 0.325 e. The summed E-state index contributed by atoms with van der Waals surface area (Å²) in [4.78, 5) is 10.9. The number of carbonyl (C=O) groups is 1. The van der Waals surface area contributed by atoms with Crippen molar-refractivity contribution in [2.24, 2.45) is 5.73 Å². The molecule has 0 aliphatic heterocycles. The Morgan fingerprint density at radius 1 is 1.28 bits per heavy atom. The van der Waals surface area contributed by atoms with E-state index in [1.54, 1.807) is 0 Å². The Morgan fingerprint density at radius 2 is 1.83 bits per heavy atom. The molecule has 0 aliphatic rings. The molecule has 100 valence electrons. The number of carboxylic acid groups (broad SMARTS) is 1. The molecule has 0 spiro atoms. The van der Waals surface area contributed by atoms with Crippen LogP contribution in [0.4, 0.5) is 0 Å². The Labute approximate surface area is 109 Å². The van der Waals surface area contributed by atoms with E-state index in [1.165, 1.54) is 27.4 Å². The number of halogens is 1. The van der Waals surface area contributed by atoms with Gasteiger partial charge in [-0.05, 0) is 6.07 Å². The highest BCUT2D eigenvalue weighted by Gasteiger charge is 2.26. The maximum absolute atomic E-state index is 10.9. The minimum Gasteiger partial charge on any atom is -0.495 e. The molecule has 1 atom stereocenters. The minimum absolute atomic E-state index is 0.117. The number of hydrogen-bond acceptors (Lipinski definition) is 5. The first-order valence-electron chi connectivity index (χ1n) is 4.94. The summed E-state index contributed by atoms with van der Waals surface area (Å²) in [6.45, 7) is 0. The molecule has 0 saturated heterocycles. The van der Waals surface area contributed by atoms with Crippen molar-refractivity contribution in [3.05, 3.63) is 16.7 Å². The third-order valence-corrected chi connectivity index (χ3v) is 2.74. The third-order valence-electron chi connectivity index (χ3n) is 2.40. The van der Waals surface area contributed by atoms with Crippen molar-refractivity contribution in [3.63, 3.8) is 0 Å². The highest BCUT2D eigenvalue weighted by atomic mass is 35.5. The normalized spacial score (nSPS) is 11.8. The van der Waals surface area contributed by atoms with Gasteiger partial charge < -0.3 is 25.1 Å². The summed E-state index contributed by atoms with van der Waals surface area (Å²) in [6, 6.07) is 0.166. The quantitative estimate of drug-likeness (QED) is 0.845. The molecule has 7 heteroatoms. The molecular formula is C11H14ClNO5. The third kappa shape index (κ3) is 2.44. The summed E-state index contributed by atoms with van der Waals surface area (Å²) in [7, 11) is 4.20. The number of aliphatic carboxylic acids is 1. The van der Waals surface area contributed by atoms with Crippen molar-refractivity contribution in [1.29, 1.82) is 0 Å². The van der Waals surface area contributed by atoms with Crippen LogP contribution in [0.1, 0.15) is 11.6 Å². The van der Waals surface area contributed by atoms with Crippen LogP contribution >= 0.6 is 11.6 Å². The molecule has 0 radical (unpaired) electrons. The maximum Gasteiger partial charge on any atom is 0.325 e. The molecular weight excluding hydrogens is 262 g/mol. The van der Waals surface area contributed by atoms with Crippen molar-refractivity contribution < 1.29 is 24.1 Å². The van der Waals surface area contributed by atoms with Crippen LogP contribution in [0.2, 0.25) is 5.02 Å². The Balaban J connectivity index is 3.51. The lowest BCUT2D eigenvalue weighted by Gasteiger charge is -2.18. The fraction of sp³-hybridized carbons (Fsp3) is 0.364. The van der Waals surface area contributed by atoms with Gasteiger partial charge in [0.25, 0.3) is 0 Å². The molecule has 0 bridgehead atoms. The molecule has 0 aromatic heterocycles. The Morgan fingerprint density at radius 3 is 2.22 bits per heavy atom. The van der Waals surface area contributed by atoms with Crippen molar-refractivity contribution in [1.82, 2.24) is 0 Å². The average molecular weight is 276 g/mol. The number of rotatable bonds is 5. The Kier molecular flexibility index (Phi) is 4.63. The Bertz CT molecular complexity index is 463. The standard InChI is InChI=1S/C11H14ClNO5/c1-16-6-4-5(8(13)11(14)15)9(17-2)7(12)10(6)18-3/h4,8H,13H2,1-3H3,(H,14,15). The predicted octanol–water partition coefficient (Wildman–Crippen LogP) is 1.45. The molecule has 18 heavy (non-hydrogen) atoms. The van der Waals surface area contributed by atoms with Crippen LogP contribution in [0.3, 0.4) is 0 Å². The van der Waals surface area contributed by atoms with E-state index in [2.05, 4.69) is 0 Å². The number of ether oxygens (including phenoxy) is 3. The fourth-order valence-corrected chi connectivity index (χ4v) is 1.88. The minimum atomic E-state index is -1.27. The second kappa shape index (κ2) is 5.79. The van der Waals surface area contributed by atoms with Crippen LogP contribution in [-0.4, -0.2) is 32.4 Å². The number of nitrogens with two attached hydrogens (primary N) is 1. The molecule has 0 aliphatic carbocycles. The molecule has 3 N–H and O–H groups in total. The number of hydrogen-bond donors (Lipinski definition) is 2. The van der Waals surface area contributed by atoms with Gasteiger partial charge in [-0.1, -0.05) is 11.6 Å². The summed E-state index contributed by atoms with van der Waals surface area (Å²) < 4.78 is 15.2. The van der Waals surface area contributed by atoms with E-state index >= 15 is 0 Å². The van der Waals surface area contributed by atoms with E-state index in [0.29, 0.717) is 0 Å². The van der Waals surface area contributed by atoms with Gasteiger partial charge in [0.2, 0.25) is 0 Å². The fourth-order valence-electron chi connectivity index (χ4n) is 1.52. The molecule has 1 aromatic rings. The molecule has 1 unspecified atom stereocenters. The largest absolute Gasteiger partial charge is 0.495 e. The van der Waals surface area contributed by atoms with E-state index in [4.69, 9.17) is 36.7 Å². The molecule has 1 rings (SSSR count). The number of methoxy groups -OCH3 is 3. The van der Waals surface area contributed by atoms with Crippen LogP contribution in [0, 0.1) is 0 Å². The van der Waals surface area contributed by atoms with E-state index in [1.807, 2.05) is 0 Å². The number of benzene rings is 1. The first-order valence-corrected chi connectivity index (χ1v) is 5.32. The summed E-state index contributed by atoms with van der Waals surface area (Å²) in [5.74, 6) is -0.492. The van der Waals surface area contributed by atoms with Crippen molar-refractivity contribution in [2.45, 2.75) is 6.04 Å². The molecule has 6 nitrogen and oxygen atoms in total. The van der Waals surface area contributed by atoms with Gasteiger partial charge in [-0.3, -0.25) is 4.79 Å². The van der Waals surface area contributed by atoms with Crippen molar-refractivity contribution in [3.8, 4) is 17.2 Å². The summed E-state index contributed by atoms with van der Waals surface area (Å²) >= 11 is 6.07. The van der Waals surface area contributed by atoms with Gasteiger partial charge in [0.05, 0.1) is 21.3 Å². The monoisotopic (exact) mass is 275 g/mol. The molecule has 1 aromatic carbocycles. The van der Waals surface area contributed by atoms with Gasteiger partial charge in [0, 0.05) is 5.56 Å². The van der Waals surface area contributed by atoms with E-state index in [9.17, 15) is 4.79 Å². The topological polar surface area (TPSA) is 91.0 Å². The van der Waals surface area contributed by atoms with E-state index < -0.39 is 12.0 Å². The van der Waals surface area contributed by atoms with Crippen LogP contribution in [0.25, 0.3) is 0 Å². The van der Waals surface area contributed by atoms with Crippen LogP contribution in [0.15, 0.2) is 6.07 Å². The summed E-state index contributed by atoms with van der Waals surface area (Å²) in [5.41, 5.74) is 5.78. The van der Waals surface area contributed by atoms with Gasteiger partial charge in [0.15, 0.2) is 11.5 Å². The Hall–Kier alpha value is -1.66. The van der Waals surface area contributed by atoms with Gasteiger partial charge in [-0.25, -0.2) is 0 Å². The highest BCUT2D eigenvalue weighted by Crippen LogP contribution is 2.45. The lowest BCUT2D eigenvalue weighted by molar-refractivity contribution is -0.138. The van der Waals surface area contributed by atoms with Crippen molar-refractivity contribution in [2.75, 3.05) is 21.3 Å². The summed E-state index contributed by atoms with van der Waals surface area (Å²) in [6.07, 6.45) is 0. The lowest BCUT2D eigenvalue weighted by Crippen LogP contribution is -2.21. The molecule has 0 amide bonds. The number of carboxylic acids is 1. The average Bonchev–Trinajstić information content (AvgIpc) is 2.36. The van der Waals surface area contributed by atoms with Crippen LogP contribution in [0.5, 0.6) is 17.2 Å². The predicted molar refractivity (Wildman–Crippen MR) is 65.7 cm³/mol. The molecule has 0 fully saturated rings.